The molecule has 7 atom stereocenters. The van der Waals surface area contributed by atoms with Crippen molar-refractivity contribution < 1.29 is 41.8 Å². The van der Waals surface area contributed by atoms with E-state index in [0.717, 1.165) is 43.7 Å². The van der Waals surface area contributed by atoms with E-state index in [-0.39, 0.29) is 53.5 Å². The summed E-state index contributed by atoms with van der Waals surface area (Å²) in [5.74, 6) is -3.02. The lowest BCUT2D eigenvalue weighted by atomic mass is 9.83. The molecule has 4 fully saturated rings. The SMILES string of the molecule is COc1ncc(C2=NOC3CC(CO)CC23)cc1C(=O)N[C@H]1[C@@H](C(=O)Nc2ccc(F)c(C(F)(F)F)c2)[C@H]2CC[C@@H]1/C2=C\C1CCCC1. The van der Waals surface area contributed by atoms with Crippen molar-refractivity contribution >= 4 is 23.2 Å². The number of carbonyl (C=O) groups is 2. The van der Waals surface area contributed by atoms with Crippen LogP contribution in [0.1, 0.15) is 72.9 Å². The van der Waals surface area contributed by atoms with Gasteiger partial charge in [0, 0.05) is 41.9 Å². The van der Waals surface area contributed by atoms with Crippen LogP contribution in [-0.4, -0.2) is 53.5 Å². The largest absolute Gasteiger partial charge is 0.480 e. The Morgan fingerprint density at radius 2 is 1.85 bits per heavy atom. The van der Waals surface area contributed by atoms with E-state index in [1.54, 1.807) is 12.3 Å². The minimum atomic E-state index is -4.93. The Hall–Kier alpha value is -4.00. The molecule has 2 heterocycles. The second-order valence-corrected chi connectivity index (χ2v) is 13.7. The summed E-state index contributed by atoms with van der Waals surface area (Å²) in [5.41, 5.74) is 0.866. The van der Waals surface area contributed by atoms with Crippen LogP contribution >= 0.6 is 0 Å². The first kappa shape index (κ1) is 32.5. The Bertz CT molecular complexity index is 1660. The predicted molar refractivity (Wildman–Crippen MR) is 167 cm³/mol. The van der Waals surface area contributed by atoms with Gasteiger partial charge in [-0.1, -0.05) is 29.6 Å². The van der Waals surface area contributed by atoms with Crippen molar-refractivity contribution in [3.63, 3.8) is 0 Å². The van der Waals surface area contributed by atoms with Gasteiger partial charge in [0.15, 0.2) is 0 Å². The van der Waals surface area contributed by atoms with Crippen molar-refractivity contribution in [3.8, 4) is 5.88 Å². The molecule has 1 aromatic carbocycles. The number of halogens is 4. The van der Waals surface area contributed by atoms with Crippen LogP contribution in [-0.2, 0) is 15.8 Å². The molecule has 13 heteroatoms. The van der Waals surface area contributed by atoms with E-state index in [9.17, 15) is 32.3 Å². The molecule has 1 aromatic heterocycles. The van der Waals surface area contributed by atoms with Crippen molar-refractivity contribution in [1.82, 2.24) is 10.3 Å². The lowest BCUT2D eigenvalue weighted by Gasteiger charge is -2.30. The van der Waals surface area contributed by atoms with Gasteiger partial charge in [0.05, 0.1) is 24.3 Å². The van der Waals surface area contributed by atoms with Crippen molar-refractivity contribution in [2.45, 2.75) is 69.7 Å². The molecule has 0 radical (unpaired) electrons. The third-order valence-electron chi connectivity index (χ3n) is 10.9. The van der Waals surface area contributed by atoms with E-state index in [2.05, 4.69) is 26.8 Å². The number of aromatic nitrogens is 1. The summed E-state index contributed by atoms with van der Waals surface area (Å²) in [5, 5.41) is 19.6. The fourth-order valence-corrected chi connectivity index (χ4v) is 8.73. The van der Waals surface area contributed by atoms with Gasteiger partial charge in [-0.3, -0.25) is 9.59 Å². The number of anilines is 1. The van der Waals surface area contributed by atoms with Gasteiger partial charge in [0.2, 0.25) is 11.8 Å². The van der Waals surface area contributed by atoms with E-state index in [4.69, 9.17) is 9.57 Å². The Morgan fingerprint density at radius 1 is 1.08 bits per heavy atom. The van der Waals surface area contributed by atoms with Crippen molar-refractivity contribution in [3.05, 3.63) is 64.6 Å². The van der Waals surface area contributed by atoms with Gasteiger partial charge in [0.1, 0.15) is 17.5 Å². The van der Waals surface area contributed by atoms with Crippen LogP contribution in [0.4, 0.5) is 23.2 Å². The van der Waals surface area contributed by atoms with Gasteiger partial charge >= 0.3 is 6.18 Å². The predicted octanol–water partition coefficient (Wildman–Crippen LogP) is 5.88. The number of ether oxygens (including phenoxy) is 1. The van der Waals surface area contributed by atoms with E-state index in [0.29, 0.717) is 48.6 Å². The number of hydrogen-bond acceptors (Lipinski definition) is 7. The Morgan fingerprint density at radius 3 is 2.58 bits per heavy atom. The zero-order valence-electron chi connectivity index (χ0n) is 26.4. The van der Waals surface area contributed by atoms with Crippen molar-refractivity contribution in [1.29, 1.82) is 0 Å². The van der Waals surface area contributed by atoms with Crippen molar-refractivity contribution in [2.75, 3.05) is 19.0 Å². The van der Waals surface area contributed by atoms with Crippen LogP contribution < -0.4 is 15.4 Å². The molecule has 0 spiro atoms. The number of carbonyl (C=O) groups excluding carboxylic acids is 2. The molecule has 2 bridgehead atoms. The minimum absolute atomic E-state index is 0.0421. The van der Waals surface area contributed by atoms with Crippen LogP contribution in [0.5, 0.6) is 5.88 Å². The second-order valence-electron chi connectivity index (χ2n) is 13.7. The molecule has 48 heavy (non-hydrogen) atoms. The number of fused-ring (bicyclic) bond motifs is 3. The summed E-state index contributed by atoms with van der Waals surface area (Å²) >= 11 is 0. The van der Waals surface area contributed by atoms with E-state index in [1.165, 1.54) is 7.11 Å². The van der Waals surface area contributed by atoms with Gasteiger partial charge in [-0.15, -0.1) is 0 Å². The van der Waals surface area contributed by atoms with Gasteiger partial charge < -0.3 is 25.3 Å². The summed E-state index contributed by atoms with van der Waals surface area (Å²) in [6, 6.07) is 3.39. The maximum absolute atomic E-state index is 14.1. The number of alkyl halides is 3. The number of amides is 2. The van der Waals surface area contributed by atoms with Crippen LogP contribution in [0.15, 0.2) is 47.3 Å². The number of hydrogen-bond donors (Lipinski definition) is 3. The molecule has 4 saturated carbocycles. The molecule has 2 aromatic rings. The number of allylic oxidation sites excluding steroid dienone is 1. The summed E-state index contributed by atoms with van der Waals surface area (Å²) in [6.45, 7) is 0.0539. The van der Waals surface area contributed by atoms with Gasteiger partial charge in [-0.2, -0.15) is 13.2 Å². The topological polar surface area (TPSA) is 122 Å². The molecule has 3 N–H and O–H groups in total. The Kier molecular flexibility index (Phi) is 8.67. The second kappa shape index (κ2) is 12.8. The maximum Gasteiger partial charge on any atom is 0.419 e. The number of methoxy groups -OCH3 is 1. The first-order valence-electron chi connectivity index (χ1n) is 16.6. The smallest absolute Gasteiger partial charge is 0.419 e. The number of benzene rings is 1. The highest BCUT2D eigenvalue weighted by atomic mass is 19.4. The number of aliphatic hydroxyl groups is 1. The molecule has 7 rings (SSSR count). The highest BCUT2D eigenvalue weighted by molar-refractivity contribution is 6.06. The van der Waals surface area contributed by atoms with E-state index < -0.39 is 41.3 Å². The van der Waals surface area contributed by atoms with Crippen LogP contribution in [0.3, 0.4) is 0 Å². The molecule has 3 unspecified atom stereocenters. The molecular weight excluding hydrogens is 632 g/mol. The van der Waals surface area contributed by atoms with Crippen LogP contribution in [0, 0.1) is 41.3 Å². The molecule has 1 aliphatic heterocycles. The number of pyridine rings is 1. The summed E-state index contributed by atoms with van der Waals surface area (Å²) in [4.78, 5) is 38.0. The lowest BCUT2D eigenvalue weighted by Crippen LogP contribution is -2.48. The zero-order chi connectivity index (χ0) is 33.7. The van der Waals surface area contributed by atoms with Crippen LogP contribution in [0.2, 0.25) is 0 Å². The lowest BCUT2D eigenvalue weighted by molar-refractivity contribution is -0.140. The molecule has 0 saturated heterocycles. The fourth-order valence-electron chi connectivity index (χ4n) is 8.73. The van der Waals surface area contributed by atoms with E-state index in [1.807, 2.05) is 0 Å². The maximum atomic E-state index is 14.1. The molecular formula is C35H38F4N4O5. The monoisotopic (exact) mass is 670 g/mol. The molecule has 256 valence electrons. The normalized spacial score (nSPS) is 30.3. The first-order valence-corrected chi connectivity index (χ1v) is 16.6. The minimum Gasteiger partial charge on any atom is -0.480 e. The number of rotatable bonds is 8. The average molecular weight is 671 g/mol. The fraction of sp³-hybridized carbons (Fsp3) is 0.543. The highest BCUT2D eigenvalue weighted by Crippen LogP contribution is 2.54. The number of aliphatic hydroxyl groups excluding tert-OH is 1. The Balaban J connectivity index is 1.17. The van der Waals surface area contributed by atoms with Crippen molar-refractivity contribution in [2.24, 2.45) is 40.7 Å². The quantitative estimate of drug-likeness (QED) is 0.238. The number of nitrogens with one attached hydrogen (secondary N) is 2. The average Bonchev–Trinajstić information content (AvgIpc) is 3.90. The Labute approximate surface area is 275 Å². The highest BCUT2D eigenvalue weighted by Gasteiger charge is 2.55. The summed E-state index contributed by atoms with van der Waals surface area (Å²) in [7, 11) is 1.40. The summed E-state index contributed by atoms with van der Waals surface area (Å²) < 4.78 is 59.8. The summed E-state index contributed by atoms with van der Waals surface area (Å²) in [6.07, 6.45) is 5.96. The zero-order valence-corrected chi connectivity index (χ0v) is 26.4. The van der Waals surface area contributed by atoms with E-state index >= 15 is 0 Å². The standard InChI is InChI=1S/C35H38F4N4O5/c1-47-34-25(13-19(15-40-34)30-24-11-18(16-44)12-28(24)48-43-30)32(45)42-31-22-8-7-21(23(22)10-17-4-2-3-5-17)29(31)33(46)41-20-6-9-27(36)26(14-20)35(37,38)39/h6,9-10,13-15,17-18,21-22,24,28-29,31,44H,2-5,7-8,11-12,16H2,1H3,(H,41,46)(H,42,45)/b23-10-/t18?,21-,22+,24?,28?,29-,31+/m0/s1. The number of nitrogens with zero attached hydrogens (tertiary/aromatic N) is 2. The third kappa shape index (κ3) is 5.94. The molecule has 9 nitrogen and oxygen atoms in total. The van der Waals surface area contributed by atoms with Gasteiger partial charge in [0.25, 0.3) is 5.91 Å². The van der Waals surface area contributed by atoms with Crippen LogP contribution in [0.25, 0.3) is 0 Å². The number of oxime groups is 1. The third-order valence-corrected chi connectivity index (χ3v) is 10.9. The first-order chi connectivity index (χ1) is 23.0. The molecule has 5 aliphatic rings. The van der Waals surface area contributed by atoms with Gasteiger partial charge in [-0.25, -0.2) is 9.37 Å². The molecule has 2 amide bonds. The van der Waals surface area contributed by atoms with Gasteiger partial charge in [-0.05, 0) is 80.5 Å². The molecule has 4 aliphatic carbocycles.